The highest BCUT2D eigenvalue weighted by Gasteiger charge is 2.64. The summed E-state index contributed by atoms with van der Waals surface area (Å²) < 4.78 is 65.6. The highest BCUT2D eigenvalue weighted by atomic mass is 35.5. The molecule has 6 nitrogen and oxygen atoms in total. The lowest BCUT2D eigenvalue weighted by molar-refractivity contribution is -0.268. The second-order valence-electron chi connectivity index (χ2n) is 4.45. The number of aliphatic imine (C=N–C) groups is 1. The maximum atomic E-state index is 13.1. The fraction of sp³-hybridized carbons (Fsp3) is 0.500. The molecule has 0 amide bonds. The molecule has 0 aromatic carbocycles. The molecule has 11 heteroatoms. The summed E-state index contributed by atoms with van der Waals surface area (Å²) in [6.45, 7) is -0.934. The normalized spacial score (nSPS) is 29.2. The Morgan fingerprint density at radius 3 is 2.67 bits per heavy atom. The number of allylic oxidation sites excluding steroid dienone is 2. The van der Waals surface area contributed by atoms with Crippen LogP contribution in [0.3, 0.4) is 0 Å². The molecule has 0 aliphatic carbocycles. The lowest BCUT2D eigenvalue weighted by Gasteiger charge is -2.33. The maximum absolute atomic E-state index is 13.1. The minimum atomic E-state index is -5.11. The Hall–Kier alpha value is -1.10. The van der Waals surface area contributed by atoms with Gasteiger partial charge in [0.15, 0.2) is 0 Å². The van der Waals surface area contributed by atoms with Gasteiger partial charge in [-0.15, -0.1) is 0 Å². The molecule has 2 aliphatic heterocycles. The van der Waals surface area contributed by atoms with Crippen molar-refractivity contribution >= 4 is 27.6 Å². The molecule has 118 valence electrons. The van der Waals surface area contributed by atoms with Crippen LogP contribution in [0.5, 0.6) is 0 Å². The summed E-state index contributed by atoms with van der Waals surface area (Å²) in [5.74, 6) is -0.193. The second kappa shape index (κ2) is 4.97. The Morgan fingerprint density at radius 1 is 1.52 bits per heavy atom. The van der Waals surface area contributed by atoms with Crippen molar-refractivity contribution in [2.75, 3.05) is 12.9 Å². The van der Waals surface area contributed by atoms with Crippen LogP contribution < -0.4 is 0 Å². The molecular weight excluding hydrogens is 337 g/mol. The van der Waals surface area contributed by atoms with Crippen molar-refractivity contribution in [1.82, 2.24) is 4.90 Å². The third-order valence-electron chi connectivity index (χ3n) is 2.86. The Kier molecular flexibility index (Phi) is 3.85. The molecule has 0 spiro atoms. The number of amidine groups is 1. The fourth-order valence-corrected chi connectivity index (χ4v) is 2.45. The highest BCUT2D eigenvalue weighted by molar-refractivity contribution is 7.85. The van der Waals surface area contributed by atoms with Crippen LogP contribution in [0.4, 0.5) is 13.2 Å². The Morgan fingerprint density at radius 2 is 2.14 bits per heavy atom. The van der Waals surface area contributed by atoms with Crippen LogP contribution >= 0.6 is 11.6 Å². The zero-order valence-corrected chi connectivity index (χ0v) is 12.1. The molecule has 0 unspecified atom stereocenters. The van der Waals surface area contributed by atoms with E-state index in [0.29, 0.717) is 6.26 Å². The molecular formula is C10H10ClF3N2O4S. The minimum absolute atomic E-state index is 0.102. The molecule has 0 saturated carbocycles. The van der Waals surface area contributed by atoms with E-state index < -0.39 is 34.7 Å². The van der Waals surface area contributed by atoms with Crippen molar-refractivity contribution in [3.05, 3.63) is 23.4 Å². The Labute approximate surface area is 123 Å². The standard InChI is InChI=1S/C10H10ClF3N2O4S/c1-21(18,19)20-5-7-9(17,10(12,13)14)15-8-3-2-6(11)4-16(7)8/h2-4,7,17H,5H2,1H3/t7-,9-/m0/s1. The zero-order valence-electron chi connectivity index (χ0n) is 10.5. The topological polar surface area (TPSA) is 79.2 Å². The first-order valence-electron chi connectivity index (χ1n) is 5.51. The first kappa shape index (κ1) is 16.3. The number of hydrogen-bond acceptors (Lipinski definition) is 6. The van der Waals surface area contributed by atoms with Crippen molar-refractivity contribution in [3.8, 4) is 0 Å². The molecule has 21 heavy (non-hydrogen) atoms. The van der Waals surface area contributed by atoms with E-state index in [-0.39, 0.29) is 10.9 Å². The number of halogens is 4. The fourth-order valence-electron chi connectivity index (χ4n) is 1.91. The zero-order chi connectivity index (χ0) is 16.1. The number of aliphatic hydroxyl groups is 1. The van der Waals surface area contributed by atoms with Gasteiger partial charge in [0, 0.05) is 6.20 Å². The van der Waals surface area contributed by atoms with Crippen LogP contribution in [0.1, 0.15) is 0 Å². The summed E-state index contributed by atoms with van der Waals surface area (Å²) in [7, 11) is -3.99. The molecule has 2 rings (SSSR count). The van der Waals surface area contributed by atoms with Gasteiger partial charge in [-0.2, -0.15) is 21.6 Å². The molecule has 0 fully saturated rings. The number of hydrogen-bond donors (Lipinski definition) is 1. The average molecular weight is 347 g/mol. The molecule has 0 bridgehead atoms. The van der Waals surface area contributed by atoms with Crippen molar-refractivity contribution in [1.29, 1.82) is 0 Å². The molecule has 2 aliphatic rings. The van der Waals surface area contributed by atoms with Gasteiger partial charge in [-0.3, -0.25) is 4.18 Å². The highest BCUT2D eigenvalue weighted by Crippen LogP contribution is 2.42. The first-order chi connectivity index (χ1) is 9.44. The molecule has 1 N–H and O–H groups in total. The van der Waals surface area contributed by atoms with Crippen molar-refractivity contribution in [2.45, 2.75) is 17.9 Å². The van der Waals surface area contributed by atoms with Gasteiger partial charge in [0.2, 0.25) is 0 Å². The Balaban J connectivity index is 2.40. The molecule has 0 aromatic heterocycles. The van der Waals surface area contributed by atoms with Gasteiger partial charge < -0.3 is 10.0 Å². The van der Waals surface area contributed by atoms with E-state index in [2.05, 4.69) is 9.18 Å². The van der Waals surface area contributed by atoms with Gasteiger partial charge in [0.1, 0.15) is 11.9 Å². The van der Waals surface area contributed by atoms with Crippen molar-refractivity contribution in [3.63, 3.8) is 0 Å². The van der Waals surface area contributed by atoms with Gasteiger partial charge in [-0.25, -0.2) is 4.99 Å². The predicted molar refractivity (Wildman–Crippen MR) is 67.9 cm³/mol. The number of fused-ring (bicyclic) bond motifs is 1. The Bertz CT molecular complexity index is 643. The van der Waals surface area contributed by atoms with Gasteiger partial charge in [0.25, 0.3) is 15.8 Å². The third-order valence-corrected chi connectivity index (χ3v) is 3.65. The number of alkyl halides is 3. The SMILES string of the molecule is CS(=O)(=O)OC[C@@H]1N2C=C(Cl)C=CC2=N[C@@]1(O)C(F)(F)F. The van der Waals surface area contributed by atoms with E-state index in [1.165, 1.54) is 12.2 Å². The summed E-state index contributed by atoms with van der Waals surface area (Å²) in [6, 6.07) is -1.80. The minimum Gasteiger partial charge on any atom is -0.360 e. The average Bonchev–Trinajstić information content (AvgIpc) is 2.58. The molecule has 0 radical (unpaired) electrons. The largest absolute Gasteiger partial charge is 0.440 e. The van der Waals surface area contributed by atoms with E-state index in [4.69, 9.17) is 11.6 Å². The van der Waals surface area contributed by atoms with E-state index in [0.717, 1.165) is 11.1 Å². The van der Waals surface area contributed by atoms with Gasteiger partial charge in [-0.05, 0) is 12.2 Å². The van der Waals surface area contributed by atoms with Crippen molar-refractivity contribution < 1.29 is 30.9 Å². The van der Waals surface area contributed by atoms with Crippen LogP contribution in [0.15, 0.2) is 28.4 Å². The van der Waals surface area contributed by atoms with Crippen LogP contribution in [0.2, 0.25) is 0 Å². The van der Waals surface area contributed by atoms with E-state index in [9.17, 15) is 26.7 Å². The molecule has 0 saturated heterocycles. The lowest BCUT2D eigenvalue weighted by atomic mass is 10.1. The van der Waals surface area contributed by atoms with E-state index in [1.807, 2.05) is 0 Å². The van der Waals surface area contributed by atoms with E-state index >= 15 is 0 Å². The summed E-state index contributed by atoms with van der Waals surface area (Å²) in [5, 5.41) is 9.97. The lowest BCUT2D eigenvalue weighted by Crippen LogP contribution is -2.56. The van der Waals surface area contributed by atoms with Crippen molar-refractivity contribution in [2.24, 2.45) is 4.99 Å². The van der Waals surface area contributed by atoms with Crippen LogP contribution in [0.25, 0.3) is 0 Å². The summed E-state index contributed by atoms with van der Waals surface area (Å²) in [5.41, 5.74) is -3.49. The third kappa shape index (κ3) is 3.07. The van der Waals surface area contributed by atoms with Gasteiger partial charge >= 0.3 is 6.18 Å². The first-order valence-corrected chi connectivity index (χ1v) is 7.70. The molecule has 2 heterocycles. The monoisotopic (exact) mass is 346 g/mol. The predicted octanol–water partition coefficient (Wildman–Crippen LogP) is 0.946. The quantitative estimate of drug-likeness (QED) is 0.770. The summed E-state index contributed by atoms with van der Waals surface area (Å²) in [4.78, 5) is 4.17. The van der Waals surface area contributed by atoms with Crippen LogP contribution in [-0.4, -0.2) is 55.1 Å². The van der Waals surface area contributed by atoms with E-state index in [1.54, 1.807) is 0 Å². The summed E-state index contributed by atoms with van der Waals surface area (Å²) in [6.07, 6.45) is -0.834. The second-order valence-corrected chi connectivity index (χ2v) is 6.53. The molecule has 2 atom stereocenters. The number of rotatable bonds is 3. The number of nitrogens with zero attached hydrogens (tertiary/aromatic N) is 2. The van der Waals surface area contributed by atoms with Gasteiger partial charge in [-0.1, -0.05) is 11.6 Å². The maximum Gasteiger partial charge on any atom is 0.440 e. The summed E-state index contributed by atoms with van der Waals surface area (Å²) >= 11 is 5.70. The van der Waals surface area contributed by atoms with Crippen LogP contribution in [0, 0.1) is 0 Å². The molecule has 0 aromatic rings. The smallest absolute Gasteiger partial charge is 0.360 e. The van der Waals surface area contributed by atoms with Gasteiger partial charge in [0.05, 0.1) is 17.9 Å². The van der Waals surface area contributed by atoms with Crippen LogP contribution in [-0.2, 0) is 14.3 Å².